The zero-order chi connectivity index (χ0) is 11.5. The zero-order valence-corrected chi connectivity index (χ0v) is 10.9. The Hall–Kier alpha value is -0.610. The largest absolute Gasteiger partial charge is 0.369 e. The lowest BCUT2D eigenvalue weighted by molar-refractivity contribution is 0.673. The predicted octanol–water partition coefficient (Wildman–Crippen LogP) is 1.70. The average molecular weight is 259 g/mol. The Balaban J connectivity index is 2.24. The summed E-state index contributed by atoms with van der Waals surface area (Å²) in [6, 6.07) is 2.06. The number of rotatable bonds is 2. The zero-order valence-electron chi connectivity index (χ0n) is 9.28. The number of hydrogen-bond acceptors (Lipinski definition) is 3. The van der Waals surface area contributed by atoms with E-state index in [1.165, 1.54) is 0 Å². The van der Waals surface area contributed by atoms with Gasteiger partial charge in [-0.1, -0.05) is 0 Å². The number of aromatic nitrogens is 1. The highest BCUT2D eigenvalue weighted by Crippen LogP contribution is 2.23. The van der Waals surface area contributed by atoms with Crippen LogP contribution in [0.1, 0.15) is 11.3 Å². The number of alkyl halides is 1. The molecule has 1 aliphatic heterocycles. The molecule has 88 valence electrons. The maximum absolute atomic E-state index is 11.3. The minimum Gasteiger partial charge on any atom is -0.369 e. The maximum atomic E-state index is 11.3. The van der Waals surface area contributed by atoms with Crippen molar-refractivity contribution in [2.24, 2.45) is 0 Å². The van der Waals surface area contributed by atoms with Crippen molar-refractivity contribution in [3.8, 4) is 0 Å². The van der Waals surface area contributed by atoms with Gasteiger partial charge in [0.25, 0.3) is 0 Å². The van der Waals surface area contributed by atoms with Crippen LogP contribution in [0.15, 0.2) is 12.3 Å². The predicted molar refractivity (Wildman–Crippen MR) is 68.6 cm³/mol. The molecule has 0 spiro atoms. The van der Waals surface area contributed by atoms with Crippen molar-refractivity contribution in [3.63, 3.8) is 0 Å². The number of nitrogens with zero attached hydrogens (tertiary/aromatic N) is 2. The molecule has 16 heavy (non-hydrogen) atoms. The van der Waals surface area contributed by atoms with Gasteiger partial charge in [0.15, 0.2) is 0 Å². The molecule has 1 fully saturated rings. The van der Waals surface area contributed by atoms with E-state index in [2.05, 4.69) is 16.0 Å². The highest BCUT2D eigenvalue weighted by Gasteiger charge is 2.18. The summed E-state index contributed by atoms with van der Waals surface area (Å²) < 4.78 is 11.3. The number of pyridine rings is 1. The Kier molecular flexibility index (Phi) is 3.82. The molecular formula is C11H15ClN2OS. The molecule has 0 unspecified atom stereocenters. The van der Waals surface area contributed by atoms with Gasteiger partial charge < -0.3 is 4.90 Å². The first-order valence-corrected chi connectivity index (χ1v) is 7.34. The molecule has 1 aliphatic rings. The monoisotopic (exact) mass is 258 g/mol. The number of anilines is 1. The Morgan fingerprint density at radius 2 is 2.19 bits per heavy atom. The van der Waals surface area contributed by atoms with E-state index in [0.29, 0.717) is 5.88 Å². The molecule has 0 N–H and O–H groups in total. The lowest BCUT2D eigenvalue weighted by Crippen LogP contribution is -2.38. The summed E-state index contributed by atoms with van der Waals surface area (Å²) in [6.07, 6.45) is 1.84. The molecule has 1 aromatic heterocycles. The van der Waals surface area contributed by atoms with Crippen molar-refractivity contribution in [2.45, 2.75) is 12.8 Å². The Bertz CT molecular complexity index is 401. The molecule has 0 aromatic carbocycles. The van der Waals surface area contributed by atoms with Gasteiger partial charge in [-0.15, -0.1) is 11.6 Å². The SMILES string of the molecule is Cc1cc(N2CCS(=O)CC2)c(CCl)cn1. The molecule has 5 heteroatoms. The third kappa shape index (κ3) is 2.55. The molecule has 0 bridgehead atoms. The van der Waals surface area contributed by atoms with Gasteiger partial charge in [-0.05, 0) is 13.0 Å². The van der Waals surface area contributed by atoms with Crippen molar-refractivity contribution in [1.29, 1.82) is 0 Å². The Labute approximate surface area is 103 Å². The molecule has 1 saturated heterocycles. The van der Waals surface area contributed by atoms with Crippen LogP contribution in [-0.2, 0) is 16.7 Å². The fraction of sp³-hybridized carbons (Fsp3) is 0.545. The molecule has 2 rings (SSSR count). The summed E-state index contributed by atoms with van der Waals surface area (Å²) >= 11 is 5.91. The topological polar surface area (TPSA) is 33.2 Å². The van der Waals surface area contributed by atoms with Crippen LogP contribution in [0.25, 0.3) is 0 Å². The quantitative estimate of drug-likeness (QED) is 0.757. The van der Waals surface area contributed by atoms with Crippen LogP contribution in [0, 0.1) is 6.92 Å². The summed E-state index contributed by atoms with van der Waals surface area (Å²) in [5.41, 5.74) is 3.20. The standard InChI is InChI=1S/C11H15ClN2OS/c1-9-6-11(10(7-12)8-13-9)14-2-4-16(15)5-3-14/h6,8H,2-5,7H2,1H3. The lowest BCUT2D eigenvalue weighted by Gasteiger charge is -2.30. The number of halogens is 1. The van der Waals surface area contributed by atoms with Gasteiger partial charge >= 0.3 is 0 Å². The summed E-state index contributed by atoms with van der Waals surface area (Å²) in [7, 11) is -0.639. The van der Waals surface area contributed by atoms with Crippen LogP contribution in [0.5, 0.6) is 0 Å². The Morgan fingerprint density at radius 3 is 2.81 bits per heavy atom. The minimum atomic E-state index is -0.639. The van der Waals surface area contributed by atoms with E-state index in [0.717, 1.165) is 41.5 Å². The van der Waals surface area contributed by atoms with Gasteiger partial charge in [-0.25, -0.2) is 0 Å². The highest BCUT2D eigenvalue weighted by atomic mass is 35.5. The van der Waals surface area contributed by atoms with E-state index < -0.39 is 10.8 Å². The molecule has 0 aliphatic carbocycles. The summed E-state index contributed by atoms with van der Waals surface area (Å²) in [5, 5.41) is 0. The first-order chi connectivity index (χ1) is 7.70. The molecule has 2 heterocycles. The fourth-order valence-corrected chi connectivity index (χ4v) is 3.11. The van der Waals surface area contributed by atoms with Crippen LogP contribution in [0.4, 0.5) is 5.69 Å². The maximum Gasteiger partial charge on any atom is 0.0509 e. The summed E-state index contributed by atoms with van der Waals surface area (Å²) in [6.45, 7) is 3.67. The van der Waals surface area contributed by atoms with Crippen LogP contribution >= 0.6 is 11.6 Å². The van der Waals surface area contributed by atoms with Gasteiger partial charge in [0.1, 0.15) is 0 Å². The van der Waals surface area contributed by atoms with Crippen LogP contribution in [-0.4, -0.2) is 33.8 Å². The molecule has 0 amide bonds. The number of hydrogen-bond donors (Lipinski definition) is 0. The van der Waals surface area contributed by atoms with Gasteiger partial charge in [0.05, 0.1) is 5.88 Å². The van der Waals surface area contributed by atoms with E-state index >= 15 is 0 Å². The second-order valence-corrected chi connectivity index (χ2v) is 5.89. The molecule has 0 radical (unpaired) electrons. The van der Waals surface area contributed by atoms with Crippen molar-refractivity contribution in [1.82, 2.24) is 4.98 Å². The molecule has 0 saturated carbocycles. The van der Waals surface area contributed by atoms with Crippen LogP contribution < -0.4 is 4.90 Å². The van der Waals surface area contributed by atoms with Gasteiger partial charge in [-0.2, -0.15) is 0 Å². The Morgan fingerprint density at radius 1 is 1.50 bits per heavy atom. The van der Waals surface area contributed by atoms with Crippen molar-refractivity contribution in [3.05, 3.63) is 23.5 Å². The van der Waals surface area contributed by atoms with E-state index in [4.69, 9.17) is 11.6 Å². The second kappa shape index (κ2) is 5.15. The smallest absolute Gasteiger partial charge is 0.0509 e. The van der Waals surface area contributed by atoms with Crippen molar-refractivity contribution in [2.75, 3.05) is 29.5 Å². The van der Waals surface area contributed by atoms with E-state index in [1.54, 1.807) is 0 Å². The van der Waals surface area contributed by atoms with Gasteiger partial charge in [-0.3, -0.25) is 9.19 Å². The third-order valence-corrected chi connectivity index (χ3v) is 4.32. The molecule has 0 atom stereocenters. The van der Waals surface area contributed by atoms with Gasteiger partial charge in [0.2, 0.25) is 0 Å². The second-order valence-electron chi connectivity index (χ2n) is 3.92. The molecule has 3 nitrogen and oxygen atoms in total. The highest BCUT2D eigenvalue weighted by molar-refractivity contribution is 7.85. The average Bonchev–Trinajstić information content (AvgIpc) is 2.30. The van der Waals surface area contributed by atoms with E-state index in [9.17, 15) is 4.21 Å². The third-order valence-electron chi connectivity index (χ3n) is 2.76. The van der Waals surface area contributed by atoms with Crippen LogP contribution in [0.2, 0.25) is 0 Å². The van der Waals surface area contributed by atoms with Crippen LogP contribution in [0.3, 0.4) is 0 Å². The molecule has 1 aromatic rings. The fourth-order valence-electron chi connectivity index (χ4n) is 1.85. The first-order valence-electron chi connectivity index (χ1n) is 5.32. The first kappa shape index (κ1) is 11.9. The normalized spacial score (nSPS) is 17.8. The van der Waals surface area contributed by atoms with Crippen molar-refractivity contribution >= 4 is 28.1 Å². The molecular weight excluding hydrogens is 244 g/mol. The number of aryl methyl sites for hydroxylation is 1. The summed E-state index contributed by atoms with van der Waals surface area (Å²) in [5.74, 6) is 1.98. The lowest BCUT2D eigenvalue weighted by atomic mass is 10.2. The van der Waals surface area contributed by atoms with E-state index in [1.807, 2.05) is 13.1 Å². The van der Waals surface area contributed by atoms with Gasteiger partial charge in [0, 0.05) is 58.5 Å². The summed E-state index contributed by atoms with van der Waals surface area (Å²) in [4.78, 5) is 6.51. The van der Waals surface area contributed by atoms with E-state index in [-0.39, 0.29) is 0 Å². The van der Waals surface area contributed by atoms with Crippen molar-refractivity contribution < 1.29 is 4.21 Å². The minimum absolute atomic E-state index is 0.474.